The SMILES string of the molecule is Cl.N[C@@H]1C(=O)N2C(C(=O)O)=C(C=CC[n+]3cccc4ccccc43)CS[C@H]12.[Cl-]. The summed E-state index contributed by atoms with van der Waals surface area (Å²) in [7, 11) is 0. The van der Waals surface area contributed by atoms with E-state index >= 15 is 0 Å². The Balaban J connectivity index is 0.00000140. The molecule has 3 N–H and O–H groups in total. The average molecular weight is 440 g/mol. The number of fused-ring (bicyclic) bond motifs is 2. The third-order valence-corrected chi connectivity index (χ3v) is 5.97. The van der Waals surface area contributed by atoms with Crippen LogP contribution in [0.3, 0.4) is 0 Å². The minimum atomic E-state index is -1.09. The van der Waals surface area contributed by atoms with Crippen molar-refractivity contribution in [3.63, 3.8) is 0 Å². The largest absolute Gasteiger partial charge is 1.00 e. The Hall–Kier alpha value is -2.06. The Kier molecular flexibility index (Phi) is 7.11. The fourth-order valence-corrected chi connectivity index (χ4v) is 4.62. The number of thioether (sulfide) groups is 1. The van der Waals surface area contributed by atoms with Crippen molar-refractivity contribution >= 4 is 46.9 Å². The highest BCUT2D eigenvalue weighted by molar-refractivity contribution is 8.00. The summed E-state index contributed by atoms with van der Waals surface area (Å²) in [6.07, 6.45) is 5.72. The second-order valence-corrected chi connectivity index (χ2v) is 7.34. The highest BCUT2D eigenvalue weighted by Crippen LogP contribution is 2.39. The van der Waals surface area contributed by atoms with Gasteiger partial charge in [-0.2, -0.15) is 4.57 Å². The number of amides is 1. The number of hydrogen-bond acceptors (Lipinski definition) is 4. The number of benzene rings is 1. The topological polar surface area (TPSA) is 87.5 Å². The number of aromatic nitrogens is 1. The number of carboxylic acids is 1. The molecule has 0 saturated carbocycles. The van der Waals surface area contributed by atoms with Crippen molar-refractivity contribution in [1.29, 1.82) is 0 Å². The lowest BCUT2D eigenvalue weighted by atomic mass is 10.0. The van der Waals surface area contributed by atoms with Crippen molar-refractivity contribution in [2.45, 2.75) is 18.0 Å². The van der Waals surface area contributed by atoms with Crippen molar-refractivity contribution in [2.24, 2.45) is 5.73 Å². The standard InChI is InChI=1S/C19H17N3O3S.2ClH/c20-15-17(23)22-16(19(24)25)13(11-26-18(15)22)7-4-10-21-9-3-6-12-5-1-2-8-14(12)21;;/h1-9,15,18H,10-11,20H2;2*1H/t15-,18-;;/m1../s1. The van der Waals surface area contributed by atoms with E-state index in [0.29, 0.717) is 17.9 Å². The molecule has 9 heteroatoms. The third kappa shape index (κ3) is 3.75. The molecule has 1 saturated heterocycles. The van der Waals surface area contributed by atoms with E-state index in [-0.39, 0.29) is 41.8 Å². The van der Waals surface area contributed by atoms with E-state index in [1.807, 2.05) is 36.5 Å². The minimum Gasteiger partial charge on any atom is -1.00 e. The van der Waals surface area contributed by atoms with E-state index in [4.69, 9.17) is 5.73 Å². The molecular formula is C19H19Cl2N3O3S. The molecule has 1 amide bonds. The van der Waals surface area contributed by atoms with Gasteiger partial charge in [0.05, 0.1) is 0 Å². The van der Waals surface area contributed by atoms with Gasteiger partial charge in [-0.1, -0.05) is 18.2 Å². The number of para-hydroxylation sites is 1. The van der Waals surface area contributed by atoms with Crippen LogP contribution in [0.4, 0.5) is 0 Å². The average Bonchev–Trinajstić information content (AvgIpc) is 2.66. The number of pyridine rings is 1. The van der Waals surface area contributed by atoms with Crippen molar-refractivity contribution in [1.82, 2.24) is 4.90 Å². The number of allylic oxidation sites excluding steroid dienone is 2. The molecule has 1 aromatic carbocycles. The first-order chi connectivity index (χ1) is 12.6. The van der Waals surface area contributed by atoms with Crippen molar-refractivity contribution in [3.8, 4) is 0 Å². The second kappa shape index (κ2) is 8.96. The molecule has 0 aliphatic carbocycles. The maximum Gasteiger partial charge on any atom is 0.352 e. The van der Waals surface area contributed by atoms with Crippen LogP contribution in [-0.2, 0) is 16.1 Å². The quantitative estimate of drug-likeness (QED) is 0.456. The first-order valence-electron chi connectivity index (χ1n) is 8.28. The smallest absolute Gasteiger partial charge is 0.352 e. The summed E-state index contributed by atoms with van der Waals surface area (Å²) in [5.41, 5.74) is 7.56. The third-order valence-electron chi connectivity index (χ3n) is 4.65. The van der Waals surface area contributed by atoms with E-state index in [1.54, 1.807) is 6.08 Å². The van der Waals surface area contributed by atoms with Crippen molar-refractivity contribution < 1.29 is 31.7 Å². The number of rotatable bonds is 4. The molecule has 2 aromatic rings. The van der Waals surface area contributed by atoms with Gasteiger partial charge >= 0.3 is 5.97 Å². The molecule has 1 fully saturated rings. The number of aliphatic carboxylic acids is 1. The number of halogens is 2. The maximum absolute atomic E-state index is 12.0. The zero-order valence-electron chi connectivity index (χ0n) is 14.7. The summed E-state index contributed by atoms with van der Waals surface area (Å²) in [5, 5.41) is 10.4. The predicted octanol–water partition coefficient (Wildman–Crippen LogP) is -1.31. The number of carboxylic acid groups (broad SMARTS) is 1. The highest BCUT2D eigenvalue weighted by atomic mass is 35.5. The monoisotopic (exact) mass is 439 g/mol. The van der Waals surface area contributed by atoms with Gasteiger partial charge in [0, 0.05) is 23.3 Å². The first kappa shape index (κ1) is 22.2. The summed E-state index contributed by atoms with van der Waals surface area (Å²) >= 11 is 1.50. The molecule has 2 aliphatic rings. The Morgan fingerprint density at radius 3 is 2.79 bits per heavy atom. The second-order valence-electron chi connectivity index (χ2n) is 6.24. The van der Waals surface area contributed by atoms with E-state index < -0.39 is 12.0 Å². The number of carbonyl (C=O) groups is 2. The number of hydrogen-bond donors (Lipinski definition) is 2. The normalized spacial score (nSPS) is 21.0. The zero-order chi connectivity index (χ0) is 18.3. The van der Waals surface area contributed by atoms with Crippen LogP contribution in [-0.4, -0.2) is 39.1 Å². The summed E-state index contributed by atoms with van der Waals surface area (Å²) < 4.78 is 2.09. The number of nitrogens with zero attached hydrogens (tertiary/aromatic N) is 2. The van der Waals surface area contributed by atoms with Gasteiger partial charge in [0.2, 0.25) is 11.4 Å². The van der Waals surface area contributed by atoms with Crippen LogP contribution in [0.5, 0.6) is 0 Å². The maximum atomic E-state index is 12.0. The molecule has 0 unspecified atom stereocenters. The molecule has 2 aliphatic heterocycles. The molecule has 2 atom stereocenters. The zero-order valence-corrected chi connectivity index (χ0v) is 17.1. The lowest BCUT2D eigenvalue weighted by Gasteiger charge is -2.47. The molecule has 1 aromatic heterocycles. The Labute approximate surface area is 178 Å². The van der Waals surface area contributed by atoms with Gasteiger partial charge in [-0.25, -0.2) is 4.79 Å². The van der Waals surface area contributed by atoms with Gasteiger partial charge in [0.25, 0.3) is 0 Å². The van der Waals surface area contributed by atoms with E-state index in [9.17, 15) is 14.7 Å². The summed E-state index contributed by atoms with van der Waals surface area (Å²) in [6.45, 7) is 0.610. The van der Waals surface area contributed by atoms with Gasteiger partial charge in [0.1, 0.15) is 17.1 Å². The minimum absolute atomic E-state index is 0. The molecule has 28 heavy (non-hydrogen) atoms. The van der Waals surface area contributed by atoms with Crippen molar-refractivity contribution in [3.05, 3.63) is 66.0 Å². The molecular weight excluding hydrogens is 421 g/mol. The van der Waals surface area contributed by atoms with Gasteiger partial charge in [-0.15, -0.1) is 24.2 Å². The van der Waals surface area contributed by atoms with Crippen molar-refractivity contribution in [2.75, 3.05) is 5.75 Å². The molecule has 4 rings (SSSR count). The molecule has 3 heterocycles. The fraction of sp³-hybridized carbons (Fsp3) is 0.211. The van der Waals surface area contributed by atoms with Crippen LogP contribution < -0.4 is 22.7 Å². The molecule has 0 spiro atoms. The number of β-lactam (4-membered cyclic amide) rings is 1. The molecule has 6 nitrogen and oxygen atoms in total. The molecule has 0 radical (unpaired) electrons. The van der Waals surface area contributed by atoms with Crippen LogP contribution in [0, 0.1) is 0 Å². The lowest BCUT2D eigenvalue weighted by molar-refractivity contribution is -0.661. The van der Waals surface area contributed by atoms with Gasteiger partial charge in [-0.05, 0) is 23.8 Å². The van der Waals surface area contributed by atoms with Crippen LogP contribution in [0.25, 0.3) is 10.9 Å². The Morgan fingerprint density at radius 1 is 1.32 bits per heavy atom. The van der Waals surface area contributed by atoms with Gasteiger partial charge in [0.15, 0.2) is 12.7 Å². The number of carbonyl (C=O) groups excluding carboxylic acids is 1. The van der Waals surface area contributed by atoms with E-state index in [2.05, 4.69) is 16.7 Å². The predicted molar refractivity (Wildman–Crippen MR) is 106 cm³/mol. The van der Waals surface area contributed by atoms with Crippen LogP contribution in [0.2, 0.25) is 0 Å². The van der Waals surface area contributed by atoms with Gasteiger partial charge in [-0.3, -0.25) is 9.69 Å². The lowest BCUT2D eigenvalue weighted by Crippen LogP contribution is -3.00. The Morgan fingerprint density at radius 2 is 2.04 bits per heavy atom. The fourth-order valence-electron chi connectivity index (χ4n) is 3.36. The van der Waals surface area contributed by atoms with Crippen LogP contribution >= 0.6 is 24.2 Å². The molecule has 0 bridgehead atoms. The van der Waals surface area contributed by atoms with Crippen LogP contribution in [0.15, 0.2) is 66.0 Å². The summed E-state index contributed by atoms with van der Waals surface area (Å²) in [5.74, 6) is -0.887. The number of nitrogens with two attached hydrogens (primary N) is 1. The highest BCUT2D eigenvalue weighted by Gasteiger charge is 2.51. The summed E-state index contributed by atoms with van der Waals surface area (Å²) in [4.78, 5) is 24.9. The summed E-state index contributed by atoms with van der Waals surface area (Å²) in [6, 6.07) is 11.5. The molecule has 148 valence electrons. The van der Waals surface area contributed by atoms with Gasteiger partial charge < -0.3 is 23.2 Å². The first-order valence-corrected chi connectivity index (χ1v) is 9.33. The van der Waals surface area contributed by atoms with E-state index in [0.717, 1.165) is 10.9 Å². The Bertz CT molecular complexity index is 975. The van der Waals surface area contributed by atoms with E-state index in [1.165, 1.54) is 16.7 Å². The van der Waals surface area contributed by atoms with Crippen LogP contribution in [0.1, 0.15) is 0 Å².